The van der Waals surface area contributed by atoms with Crippen molar-refractivity contribution in [1.82, 2.24) is 0 Å². The van der Waals surface area contributed by atoms with Gasteiger partial charge in [-0.1, -0.05) is 0 Å². The van der Waals surface area contributed by atoms with Crippen molar-refractivity contribution in [3.8, 4) is 0 Å². The standard InChI is InChI=1S/C8H13ClO3/c1-6(9)8(10)12-5-7-3-2-4-11-7/h6-7H,2-5H2,1H3/t6?,7-/m1/s1. The number of halogens is 1. The van der Waals surface area contributed by atoms with Crippen LogP contribution in [0, 0.1) is 0 Å². The van der Waals surface area contributed by atoms with Gasteiger partial charge >= 0.3 is 5.97 Å². The van der Waals surface area contributed by atoms with Gasteiger partial charge in [-0.05, 0) is 19.8 Å². The Labute approximate surface area is 77.0 Å². The molecular weight excluding hydrogens is 180 g/mol. The Morgan fingerprint density at radius 3 is 3.08 bits per heavy atom. The number of alkyl halides is 1. The van der Waals surface area contributed by atoms with E-state index in [0.29, 0.717) is 6.61 Å². The fourth-order valence-corrected chi connectivity index (χ4v) is 1.13. The molecule has 4 heteroatoms. The van der Waals surface area contributed by atoms with Crippen LogP contribution in [-0.2, 0) is 14.3 Å². The molecule has 0 radical (unpaired) electrons. The lowest BCUT2D eigenvalue weighted by molar-refractivity contribution is -0.146. The molecule has 0 spiro atoms. The van der Waals surface area contributed by atoms with Crippen LogP contribution in [0.3, 0.4) is 0 Å². The van der Waals surface area contributed by atoms with Crippen molar-refractivity contribution < 1.29 is 14.3 Å². The highest BCUT2D eigenvalue weighted by Gasteiger charge is 2.18. The van der Waals surface area contributed by atoms with Crippen molar-refractivity contribution in [2.75, 3.05) is 13.2 Å². The highest BCUT2D eigenvalue weighted by atomic mass is 35.5. The number of hydrogen-bond acceptors (Lipinski definition) is 3. The van der Waals surface area contributed by atoms with Crippen LogP contribution in [0.4, 0.5) is 0 Å². The van der Waals surface area contributed by atoms with E-state index >= 15 is 0 Å². The first kappa shape index (κ1) is 9.81. The monoisotopic (exact) mass is 192 g/mol. The predicted octanol–water partition coefficient (Wildman–Crippen LogP) is 1.34. The zero-order valence-corrected chi connectivity index (χ0v) is 7.84. The lowest BCUT2D eigenvalue weighted by Gasteiger charge is -2.10. The molecule has 0 N–H and O–H groups in total. The van der Waals surface area contributed by atoms with Gasteiger partial charge in [-0.15, -0.1) is 11.6 Å². The summed E-state index contributed by atoms with van der Waals surface area (Å²) in [6.07, 6.45) is 2.12. The van der Waals surface area contributed by atoms with E-state index in [2.05, 4.69) is 0 Å². The number of esters is 1. The second-order valence-corrected chi connectivity index (χ2v) is 3.54. The fourth-order valence-electron chi connectivity index (χ4n) is 1.07. The number of hydrogen-bond donors (Lipinski definition) is 0. The van der Waals surface area contributed by atoms with Gasteiger partial charge in [-0.25, -0.2) is 0 Å². The van der Waals surface area contributed by atoms with Gasteiger partial charge in [0.15, 0.2) is 0 Å². The molecule has 1 unspecified atom stereocenters. The summed E-state index contributed by atoms with van der Waals surface area (Å²) in [6, 6.07) is 0. The molecule has 70 valence electrons. The first-order valence-electron chi connectivity index (χ1n) is 4.12. The maximum Gasteiger partial charge on any atom is 0.323 e. The number of carbonyl (C=O) groups excluding carboxylic acids is 1. The lowest BCUT2D eigenvalue weighted by atomic mass is 10.2. The van der Waals surface area contributed by atoms with Gasteiger partial charge in [-0.2, -0.15) is 0 Å². The minimum absolute atomic E-state index is 0.0874. The predicted molar refractivity (Wildman–Crippen MR) is 45.2 cm³/mol. The molecule has 0 aromatic rings. The van der Waals surface area contributed by atoms with Crippen LogP contribution in [0.25, 0.3) is 0 Å². The Morgan fingerprint density at radius 1 is 1.83 bits per heavy atom. The number of rotatable bonds is 3. The second kappa shape index (κ2) is 4.67. The zero-order chi connectivity index (χ0) is 8.97. The topological polar surface area (TPSA) is 35.5 Å². The molecule has 1 rings (SSSR count). The highest BCUT2D eigenvalue weighted by Crippen LogP contribution is 2.12. The molecule has 1 aliphatic rings. The molecule has 1 heterocycles. The first-order chi connectivity index (χ1) is 5.70. The number of ether oxygens (including phenoxy) is 2. The molecule has 12 heavy (non-hydrogen) atoms. The van der Waals surface area contributed by atoms with Crippen LogP contribution < -0.4 is 0 Å². The molecular formula is C8H13ClO3. The minimum atomic E-state index is -0.564. The molecule has 0 amide bonds. The third-order valence-electron chi connectivity index (χ3n) is 1.76. The van der Waals surface area contributed by atoms with Crippen LogP contribution in [-0.4, -0.2) is 30.7 Å². The summed E-state index contributed by atoms with van der Waals surface area (Å²) in [5.74, 6) is -0.368. The van der Waals surface area contributed by atoms with E-state index in [0.717, 1.165) is 19.4 Å². The van der Waals surface area contributed by atoms with E-state index in [-0.39, 0.29) is 12.1 Å². The average Bonchev–Trinajstić information content (AvgIpc) is 2.51. The molecule has 0 saturated carbocycles. The summed E-state index contributed by atoms with van der Waals surface area (Å²) < 4.78 is 10.2. The highest BCUT2D eigenvalue weighted by molar-refractivity contribution is 6.29. The molecule has 0 aliphatic carbocycles. The summed E-state index contributed by atoms with van der Waals surface area (Å²) in [4.78, 5) is 10.9. The Morgan fingerprint density at radius 2 is 2.58 bits per heavy atom. The van der Waals surface area contributed by atoms with E-state index in [1.54, 1.807) is 6.92 Å². The van der Waals surface area contributed by atoms with Gasteiger partial charge in [0.25, 0.3) is 0 Å². The Kier molecular flexibility index (Phi) is 3.82. The summed E-state index contributed by atoms with van der Waals surface area (Å²) in [5, 5.41) is -0.564. The van der Waals surface area contributed by atoms with Crippen LogP contribution in [0.5, 0.6) is 0 Å². The Balaban J connectivity index is 2.12. The summed E-state index contributed by atoms with van der Waals surface area (Å²) in [5.41, 5.74) is 0. The third kappa shape index (κ3) is 2.99. The summed E-state index contributed by atoms with van der Waals surface area (Å²) in [7, 11) is 0. The summed E-state index contributed by atoms with van der Waals surface area (Å²) >= 11 is 5.50. The Bertz CT molecular complexity index is 152. The molecule has 1 aliphatic heterocycles. The van der Waals surface area contributed by atoms with E-state index in [4.69, 9.17) is 21.1 Å². The van der Waals surface area contributed by atoms with Gasteiger partial charge in [0.2, 0.25) is 0 Å². The van der Waals surface area contributed by atoms with Crippen molar-refractivity contribution in [3.63, 3.8) is 0 Å². The molecule has 2 atom stereocenters. The zero-order valence-electron chi connectivity index (χ0n) is 7.09. The quantitative estimate of drug-likeness (QED) is 0.500. The van der Waals surface area contributed by atoms with Gasteiger partial charge in [0, 0.05) is 6.61 Å². The third-order valence-corrected chi connectivity index (χ3v) is 1.94. The van der Waals surface area contributed by atoms with Crippen molar-refractivity contribution >= 4 is 17.6 Å². The first-order valence-corrected chi connectivity index (χ1v) is 4.56. The van der Waals surface area contributed by atoms with E-state index in [9.17, 15) is 4.79 Å². The van der Waals surface area contributed by atoms with Crippen molar-refractivity contribution in [2.24, 2.45) is 0 Å². The Hall–Kier alpha value is -0.280. The normalized spacial score (nSPS) is 25.3. The lowest BCUT2D eigenvalue weighted by Crippen LogP contribution is -2.21. The van der Waals surface area contributed by atoms with Crippen LogP contribution in [0.1, 0.15) is 19.8 Å². The second-order valence-electron chi connectivity index (χ2n) is 2.88. The van der Waals surface area contributed by atoms with Gasteiger partial charge in [0.05, 0.1) is 6.10 Å². The summed E-state index contributed by atoms with van der Waals surface area (Å²) in [6.45, 7) is 2.72. The van der Waals surface area contributed by atoms with Gasteiger partial charge in [-0.3, -0.25) is 4.79 Å². The van der Waals surface area contributed by atoms with E-state index in [1.807, 2.05) is 0 Å². The number of carbonyl (C=O) groups is 1. The maximum atomic E-state index is 10.9. The average molecular weight is 193 g/mol. The SMILES string of the molecule is CC(Cl)C(=O)OC[C@H]1CCCO1. The van der Waals surface area contributed by atoms with Crippen LogP contribution >= 0.6 is 11.6 Å². The van der Waals surface area contributed by atoms with Crippen LogP contribution in [0.2, 0.25) is 0 Å². The van der Waals surface area contributed by atoms with Crippen molar-refractivity contribution in [3.05, 3.63) is 0 Å². The van der Waals surface area contributed by atoms with Gasteiger partial charge < -0.3 is 9.47 Å². The van der Waals surface area contributed by atoms with E-state index < -0.39 is 5.38 Å². The molecule has 1 saturated heterocycles. The largest absolute Gasteiger partial charge is 0.462 e. The maximum absolute atomic E-state index is 10.9. The molecule has 0 aromatic heterocycles. The van der Waals surface area contributed by atoms with Crippen molar-refractivity contribution in [2.45, 2.75) is 31.2 Å². The smallest absolute Gasteiger partial charge is 0.323 e. The molecule has 0 bridgehead atoms. The van der Waals surface area contributed by atoms with Crippen LogP contribution in [0.15, 0.2) is 0 Å². The molecule has 0 aromatic carbocycles. The minimum Gasteiger partial charge on any atom is -0.462 e. The van der Waals surface area contributed by atoms with Gasteiger partial charge in [0.1, 0.15) is 12.0 Å². The molecule has 1 fully saturated rings. The fraction of sp³-hybridized carbons (Fsp3) is 0.875. The van der Waals surface area contributed by atoms with Crippen molar-refractivity contribution in [1.29, 1.82) is 0 Å². The van der Waals surface area contributed by atoms with E-state index in [1.165, 1.54) is 0 Å². The molecule has 3 nitrogen and oxygen atoms in total.